The minimum Gasteiger partial charge on any atom is -0.493 e. The molecule has 1 aliphatic carbocycles. The highest BCUT2D eigenvalue weighted by atomic mass is 16.5. The monoisotopic (exact) mass is 301 g/mol. The Balaban J connectivity index is 1.91. The van der Waals surface area contributed by atoms with Crippen LogP contribution in [0, 0.1) is 5.92 Å². The molecular formula is C18H23NO3. The van der Waals surface area contributed by atoms with Crippen LogP contribution in [-0.4, -0.2) is 43.4 Å². The van der Waals surface area contributed by atoms with E-state index < -0.39 is 0 Å². The van der Waals surface area contributed by atoms with Crippen molar-refractivity contribution in [2.24, 2.45) is 5.92 Å². The maximum absolute atomic E-state index is 9.51. The third-order valence-electron chi connectivity index (χ3n) is 5.49. The van der Waals surface area contributed by atoms with Crippen LogP contribution in [0.1, 0.15) is 24.0 Å². The van der Waals surface area contributed by atoms with Crippen molar-refractivity contribution < 1.29 is 14.6 Å². The van der Waals surface area contributed by atoms with Gasteiger partial charge in [0.2, 0.25) is 0 Å². The van der Waals surface area contributed by atoms with Crippen LogP contribution >= 0.6 is 0 Å². The molecule has 4 rings (SSSR count). The lowest BCUT2D eigenvalue weighted by atomic mass is 9.67. The Hall–Kier alpha value is -1.52. The van der Waals surface area contributed by atoms with E-state index in [1.807, 2.05) is 6.07 Å². The summed E-state index contributed by atoms with van der Waals surface area (Å²) < 4.78 is 11.9. The van der Waals surface area contributed by atoms with Gasteiger partial charge in [0.1, 0.15) is 6.10 Å². The van der Waals surface area contributed by atoms with Crippen LogP contribution in [0.4, 0.5) is 0 Å². The highest BCUT2D eigenvalue weighted by molar-refractivity contribution is 5.60. The lowest BCUT2D eigenvalue weighted by Crippen LogP contribution is -2.42. The molecule has 0 saturated carbocycles. The number of hydrogen-bond acceptors (Lipinski definition) is 4. The first-order valence-electron chi connectivity index (χ1n) is 8.03. The SMILES string of the molecule is COc1ccc2c3c1O[C@H]1C[C@@H](CO)C=C[C@@]31CCN(C)C2. The van der Waals surface area contributed by atoms with Crippen LogP contribution in [-0.2, 0) is 12.0 Å². The van der Waals surface area contributed by atoms with Crippen molar-refractivity contribution in [3.05, 3.63) is 35.4 Å². The van der Waals surface area contributed by atoms with Crippen molar-refractivity contribution in [3.8, 4) is 11.5 Å². The maximum Gasteiger partial charge on any atom is 0.166 e. The second-order valence-electron chi connectivity index (χ2n) is 6.80. The van der Waals surface area contributed by atoms with E-state index in [9.17, 15) is 5.11 Å². The van der Waals surface area contributed by atoms with Gasteiger partial charge < -0.3 is 19.5 Å². The fourth-order valence-corrected chi connectivity index (χ4v) is 4.29. The number of hydrogen-bond donors (Lipinski definition) is 1. The number of aliphatic hydroxyl groups excluding tert-OH is 1. The van der Waals surface area contributed by atoms with Gasteiger partial charge in [-0.2, -0.15) is 0 Å². The van der Waals surface area contributed by atoms with Gasteiger partial charge in [-0.15, -0.1) is 0 Å². The number of benzene rings is 1. The Bertz CT molecular complexity index is 627. The van der Waals surface area contributed by atoms with Crippen LogP contribution in [0.25, 0.3) is 0 Å². The van der Waals surface area contributed by atoms with Crippen molar-refractivity contribution in [1.82, 2.24) is 4.90 Å². The Kier molecular flexibility index (Phi) is 3.20. The van der Waals surface area contributed by atoms with Crippen molar-refractivity contribution in [2.45, 2.75) is 30.9 Å². The molecule has 0 unspecified atom stereocenters. The Morgan fingerprint density at radius 1 is 1.45 bits per heavy atom. The van der Waals surface area contributed by atoms with Crippen molar-refractivity contribution in [1.29, 1.82) is 0 Å². The van der Waals surface area contributed by atoms with Gasteiger partial charge in [0.15, 0.2) is 11.5 Å². The molecule has 2 aliphatic heterocycles. The summed E-state index contributed by atoms with van der Waals surface area (Å²) in [4.78, 5) is 2.37. The quantitative estimate of drug-likeness (QED) is 0.850. The molecule has 3 atom stereocenters. The van der Waals surface area contributed by atoms with Gasteiger partial charge in [0, 0.05) is 24.6 Å². The number of nitrogens with zero attached hydrogens (tertiary/aromatic N) is 1. The predicted octanol–water partition coefficient (Wildman–Crippen LogP) is 2.10. The summed E-state index contributed by atoms with van der Waals surface area (Å²) in [5.74, 6) is 1.94. The largest absolute Gasteiger partial charge is 0.493 e. The predicted molar refractivity (Wildman–Crippen MR) is 84.4 cm³/mol. The van der Waals surface area contributed by atoms with Gasteiger partial charge in [-0.05, 0) is 38.1 Å². The standard InChI is InChI=1S/C18H23NO3/c1-19-8-7-18-6-5-12(11-20)9-15(18)22-17-14(21-2)4-3-13(10-19)16(17)18/h3-6,12,15,20H,7-11H2,1-2H3/t12-,15-,18-/m0/s1. The summed E-state index contributed by atoms with van der Waals surface area (Å²) in [7, 11) is 3.87. The lowest BCUT2D eigenvalue weighted by Gasteiger charge is -2.36. The van der Waals surface area contributed by atoms with E-state index in [4.69, 9.17) is 9.47 Å². The Morgan fingerprint density at radius 3 is 3.09 bits per heavy atom. The fourth-order valence-electron chi connectivity index (χ4n) is 4.29. The highest BCUT2D eigenvalue weighted by Crippen LogP contribution is 2.56. The zero-order chi connectivity index (χ0) is 15.3. The summed E-state index contributed by atoms with van der Waals surface area (Å²) in [6.45, 7) is 2.18. The van der Waals surface area contributed by atoms with Gasteiger partial charge >= 0.3 is 0 Å². The minimum absolute atomic E-state index is 0.0599. The molecule has 1 aromatic rings. The first kappa shape index (κ1) is 14.1. The van der Waals surface area contributed by atoms with E-state index in [-0.39, 0.29) is 24.0 Å². The lowest BCUT2D eigenvalue weighted by molar-refractivity contribution is 0.107. The van der Waals surface area contributed by atoms with Gasteiger partial charge in [-0.25, -0.2) is 0 Å². The topological polar surface area (TPSA) is 41.9 Å². The van der Waals surface area contributed by atoms with E-state index in [2.05, 4.69) is 30.2 Å². The Labute approximate surface area is 131 Å². The normalized spacial score (nSPS) is 32.9. The fraction of sp³-hybridized carbons (Fsp3) is 0.556. The molecule has 4 heteroatoms. The third-order valence-corrected chi connectivity index (χ3v) is 5.49. The minimum atomic E-state index is -0.0599. The smallest absolute Gasteiger partial charge is 0.166 e. The number of rotatable bonds is 2. The van der Waals surface area contributed by atoms with Crippen LogP contribution in [0.15, 0.2) is 24.3 Å². The van der Waals surface area contributed by atoms with E-state index >= 15 is 0 Å². The zero-order valence-electron chi connectivity index (χ0n) is 13.2. The molecule has 0 aromatic heterocycles. The van der Waals surface area contributed by atoms with E-state index in [0.717, 1.165) is 37.4 Å². The zero-order valence-corrected chi connectivity index (χ0v) is 13.2. The summed E-state index contributed by atoms with van der Waals surface area (Å²) in [6.07, 6.45) is 6.51. The number of aliphatic hydroxyl groups is 1. The molecule has 1 aromatic carbocycles. The summed E-state index contributed by atoms with van der Waals surface area (Å²) >= 11 is 0. The van der Waals surface area contributed by atoms with Gasteiger partial charge in [0.25, 0.3) is 0 Å². The molecule has 1 spiro atoms. The summed E-state index contributed by atoms with van der Waals surface area (Å²) in [5, 5.41) is 9.51. The molecule has 2 heterocycles. The molecule has 3 aliphatic rings. The second kappa shape index (κ2) is 5.00. The summed E-state index contributed by atoms with van der Waals surface area (Å²) in [6, 6.07) is 4.20. The maximum atomic E-state index is 9.51. The van der Waals surface area contributed by atoms with E-state index in [0.29, 0.717) is 0 Å². The number of ether oxygens (including phenoxy) is 2. The first-order chi connectivity index (χ1) is 10.7. The van der Waals surface area contributed by atoms with Gasteiger partial charge in [-0.3, -0.25) is 0 Å². The molecule has 0 radical (unpaired) electrons. The van der Waals surface area contributed by atoms with Crippen LogP contribution < -0.4 is 9.47 Å². The van der Waals surface area contributed by atoms with Crippen LogP contribution in [0.2, 0.25) is 0 Å². The van der Waals surface area contributed by atoms with Crippen molar-refractivity contribution in [2.75, 3.05) is 27.3 Å². The van der Waals surface area contributed by atoms with Crippen LogP contribution in [0.5, 0.6) is 11.5 Å². The molecule has 0 saturated heterocycles. The Morgan fingerprint density at radius 2 is 2.32 bits per heavy atom. The van der Waals surface area contributed by atoms with Gasteiger partial charge in [-0.1, -0.05) is 18.2 Å². The second-order valence-corrected chi connectivity index (χ2v) is 6.80. The molecular weight excluding hydrogens is 278 g/mol. The average Bonchev–Trinajstić information content (AvgIpc) is 2.80. The average molecular weight is 301 g/mol. The van der Waals surface area contributed by atoms with E-state index in [1.165, 1.54) is 11.1 Å². The third kappa shape index (κ3) is 1.83. The molecule has 0 bridgehead atoms. The molecule has 0 fully saturated rings. The molecule has 118 valence electrons. The van der Waals surface area contributed by atoms with Crippen molar-refractivity contribution >= 4 is 0 Å². The van der Waals surface area contributed by atoms with Crippen LogP contribution in [0.3, 0.4) is 0 Å². The molecule has 4 nitrogen and oxygen atoms in total. The summed E-state index contributed by atoms with van der Waals surface area (Å²) in [5.41, 5.74) is 2.59. The first-order valence-corrected chi connectivity index (χ1v) is 8.03. The van der Waals surface area contributed by atoms with Crippen molar-refractivity contribution in [3.63, 3.8) is 0 Å². The highest BCUT2D eigenvalue weighted by Gasteiger charge is 2.52. The molecule has 1 N–H and O–H groups in total. The molecule has 22 heavy (non-hydrogen) atoms. The van der Waals surface area contributed by atoms with Gasteiger partial charge in [0.05, 0.1) is 12.5 Å². The number of methoxy groups -OCH3 is 1. The van der Waals surface area contributed by atoms with E-state index in [1.54, 1.807) is 7.11 Å². The molecule has 0 amide bonds.